The molecule has 0 saturated carbocycles. The topological polar surface area (TPSA) is 58.2 Å². The number of rotatable bonds is 3. The minimum absolute atomic E-state index is 0.0627. The smallest absolute Gasteiger partial charge is 0.385 e. The van der Waals surface area contributed by atoms with Gasteiger partial charge in [-0.05, 0) is 42.5 Å². The second-order valence-electron chi connectivity index (χ2n) is 4.60. The van der Waals surface area contributed by atoms with Crippen molar-refractivity contribution in [1.29, 1.82) is 0 Å². The predicted molar refractivity (Wildman–Crippen MR) is 71.2 cm³/mol. The van der Waals surface area contributed by atoms with Crippen molar-refractivity contribution in [3.8, 4) is 0 Å². The molecule has 0 aromatic heterocycles. The third kappa shape index (κ3) is 2.84. The summed E-state index contributed by atoms with van der Waals surface area (Å²) in [4.78, 5) is 0. The van der Waals surface area contributed by atoms with Crippen LogP contribution >= 0.6 is 0 Å². The molecular weight excluding hydrogens is 293 g/mol. The first kappa shape index (κ1) is 15.0. The van der Waals surface area contributed by atoms with Gasteiger partial charge in [0.1, 0.15) is 0 Å². The number of nitrogens with one attached hydrogen (secondary N) is 2. The third-order valence-electron chi connectivity index (χ3n) is 3.20. The fourth-order valence-corrected chi connectivity index (χ4v) is 2.80. The summed E-state index contributed by atoms with van der Waals surface area (Å²) in [5.41, 5.74) is -2.77. The molecule has 0 unspecified atom stereocenters. The fourth-order valence-electron chi connectivity index (χ4n) is 2.26. The molecule has 0 fully saturated rings. The Labute approximate surface area is 115 Å². The van der Waals surface area contributed by atoms with Gasteiger partial charge in [-0.15, -0.1) is 0 Å². The zero-order valence-corrected chi connectivity index (χ0v) is 11.7. The average Bonchev–Trinajstić information content (AvgIpc) is 2.36. The maximum Gasteiger partial charge on any atom is 0.516 e. The second-order valence-corrected chi connectivity index (χ2v) is 6.27. The number of aryl methyl sites for hydroxylation is 1. The second kappa shape index (κ2) is 5.16. The molecule has 1 heterocycles. The molecule has 2 rings (SSSR count). The molecule has 4 nitrogen and oxygen atoms in total. The number of anilines is 2. The van der Waals surface area contributed by atoms with Crippen LogP contribution in [0.2, 0.25) is 0 Å². The molecule has 0 amide bonds. The third-order valence-corrected chi connectivity index (χ3v) is 4.31. The van der Waals surface area contributed by atoms with Crippen LogP contribution in [0.3, 0.4) is 0 Å². The van der Waals surface area contributed by atoms with E-state index < -0.39 is 15.5 Å². The van der Waals surface area contributed by atoms with Crippen LogP contribution in [0.15, 0.2) is 12.1 Å². The van der Waals surface area contributed by atoms with E-state index in [0.717, 1.165) is 30.5 Å². The molecule has 0 bridgehead atoms. The first-order valence-corrected chi connectivity index (χ1v) is 7.71. The molecule has 1 aliphatic heterocycles. The van der Waals surface area contributed by atoms with Crippen molar-refractivity contribution in [2.24, 2.45) is 0 Å². The Kier molecular flexibility index (Phi) is 3.86. The zero-order chi connectivity index (χ0) is 15.0. The van der Waals surface area contributed by atoms with E-state index >= 15 is 0 Å². The standard InChI is InChI=1S/C12H15F3N2O2S/c1-2-8-6-9(17-20(18,19)12(13,14)15)7-11-10(8)4-3-5-16-11/h6-7,16-17H,2-5H2,1H3. The normalized spacial score (nSPS) is 15.4. The highest BCUT2D eigenvalue weighted by atomic mass is 32.2. The maximum absolute atomic E-state index is 12.4. The van der Waals surface area contributed by atoms with E-state index in [1.807, 2.05) is 6.92 Å². The molecule has 1 aliphatic rings. The lowest BCUT2D eigenvalue weighted by molar-refractivity contribution is -0.0429. The number of hydrogen-bond acceptors (Lipinski definition) is 3. The van der Waals surface area contributed by atoms with E-state index in [2.05, 4.69) is 5.32 Å². The van der Waals surface area contributed by atoms with Gasteiger partial charge in [0.15, 0.2) is 0 Å². The molecule has 0 atom stereocenters. The van der Waals surface area contributed by atoms with Gasteiger partial charge in [-0.1, -0.05) is 6.92 Å². The first-order chi connectivity index (χ1) is 9.24. The number of hydrogen-bond donors (Lipinski definition) is 2. The largest absolute Gasteiger partial charge is 0.516 e. The van der Waals surface area contributed by atoms with Crippen LogP contribution in [0.25, 0.3) is 0 Å². The molecule has 1 aromatic carbocycles. The quantitative estimate of drug-likeness (QED) is 0.902. The number of halogens is 3. The van der Waals surface area contributed by atoms with Crippen molar-refractivity contribution in [3.63, 3.8) is 0 Å². The molecule has 20 heavy (non-hydrogen) atoms. The molecule has 2 N–H and O–H groups in total. The highest BCUT2D eigenvalue weighted by Crippen LogP contribution is 2.32. The molecule has 1 aromatic rings. The minimum Gasteiger partial charge on any atom is -0.385 e. The number of sulfonamides is 1. The van der Waals surface area contributed by atoms with Gasteiger partial charge in [0.25, 0.3) is 0 Å². The van der Waals surface area contributed by atoms with Crippen molar-refractivity contribution in [1.82, 2.24) is 0 Å². The van der Waals surface area contributed by atoms with E-state index in [9.17, 15) is 21.6 Å². The Bertz CT molecular complexity index is 595. The van der Waals surface area contributed by atoms with Crippen LogP contribution < -0.4 is 10.0 Å². The molecule has 0 spiro atoms. The summed E-state index contributed by atoms with van der Waals surface area (Å²) in [5, 5.41) is 3.09. The van der Waals surface area contributed by atoms with Gasteiger partial charge in [0.05, 0.1) is 5.69 Å². The Balaban J connectivity index is 2.39. The monoisotopic (exact) mass is 308 g/mol. The first-order valence-electron chi connectivity index (χ1n) is 6.23. The van der Waals surface area contributed by atoms with Crippen molar-refractivity contribution in [2.45, 2.75) is 31.7 Å². The average molecular weight is 308 g/mol. The molecule has 0 saturated heterocycles. The lowest BCUT2D eigenvalue weighted by Gasteiger charge is -2.22. The number of fused-ring (bicyclic) bond motifs is 1. The summed E-state index contributed by atoms with van der Waals surface area (Å²) in [5.74, 6) is 0. The number of alkyl halides is 3. The van der Waals surface area contributed by atoms with Gasteiger partial charge in [-0.2, -0.15) is 21.6 Å². The Morgan fingerprint density at radius 1 is 1.35 bits per heavy atom. The van der Waals surface area contributed by atoms with Crippen LogP contribution in [0.1, 0.15) is 24.5 Å². The minimum atomic E-state index is -5.38. The van der Waals surface area contributed by atoms with Crippen molar-refractivity contribution in [3.05, 3.63) is 23.3 Å². The zero-order valence-electron chi connectivity index (χ0n) is 10.8. The van der Waals surface area contributed by atoms with Crippen LogP contribution in [-0.2, 0) is 22.9 Å². The van der Waals surface area contributed by atoms with Crippen molar-refractivity contribution >= 4 is 21.4 Å². The SMILES string of the molecule is CCc1cc(NS(=O)(=O)C(F)(F)F)cc2c1CCCN2. The van der Waals surface area contributed by atoms with E-state index in [0.29, 0.717) is 12.1 Å². The summed E-state index contributed by atoms with van der Waals surface area (Å²) in [6.45, 7) is 2.61. The van der Waals surface area contributed by atoms with Crippen molar-refractivity contribution < 1.29 is 21.6 Å². The van der Waals surface area contributed by atoms with E-state index in [1.54, 1.807) is 4.72 Å². The molecular formula is C12H15F3N2O2S. The molecule has 112 valence electrons. The van der Waals surface area contributed by atoms with Gasteiger partial charge in [0, 0.05) is 12.2 Å². The number of benzene rings is 1. The lowest BCUT2D eigenvalue weighted by Crippen LogP contribution is -2.30. The van der Waals surface area contributed by atoms with Crippen LogP contribution in [0.5, 0.6) is 0 Å². The van der Waals surface area contributed by atoms with Gasteiger partial charge in [-0.3, -0.25) is 4.72 Å². The Hall–Kier alpha value is -1.44. The van der Waals surface area contributed by atoms with Crippen molar-refractivity contribution in [2.75, 3.05) is 16.6 Å². The van der Waals surface area contributed by atoms with E-state index in [-0.39, 0.29) is 5.69 Å². The van der Waals surface area contributed by atoms with E-state index in [4.69, 9.17) is 0 Å². The van der Waals surface area contributed by atoms with Crippen LogP contribution in [0.4, 0.5) is 24.5 Å². The van der Waals surface area contributed by atoms with Gasteiger partial charge in [0.2, 0.25) is 0 Å². The van der Waals surface area contributed by atoms with E-state index in [1.165, 1.54) is 12.1 Å². The fraction of sp³-hybridized carbons (Fsp3) is 0.500. The van der Waals surface area contributed by atoms with Gasteiger partial charge < -0.3 is 5.32 Å². The summed E-state index contributed by atoms with van der Waals surface area (Å²) in [7, 11) is -5.38. The highest BCUT2D eigenvalue weighted by molar-refractivity contribution is 7.93. The Morgan fingerprint density at radius 3 is 2.65 bits per heavy atom. The summed E-state index contributed by atoms with van der Waals surface area (Å²) < 4.78 is 61.0. The van der Waals surface area contributed by atoms with Gasteiger partial charge >= 0.3 is 15.5 Å². The lowest BCUT2D eigenvalue weighted by atomic mass is 9.95. The maximum atomic E-state index is 12.4. The Morgan fingerprint density at radius 2 is 2.05 bits per heavy atom. The molecule has 8 heteroatoms. The molecule has 0 aliphatic carbocycles. The summed E-state index contributed by atoms with van der Waals surface area (Å²) in [6.07, 6.45) is 2.43. The summed E-state index contributed by atoms with van der Waals surface area (Å²) >= 11 is 0. The van der Waals surface area contributed by atoms with Crippen LogP contribution in [0, 0.1) is 0 Å². The van der Waals surface area contributed by atoms with Crippen LogP contribution in [-0.4, -0.2) is 20.5 Å². The molecule has 0 radical (unpaired) electrons. The van der Waals surface area contributed by atoms with Gasteiger partial charge in [-0.25, -0.2) is 0 Å². The predicted octanol–water partition coefficient (Wildman–Crippen LogP) is 2.87. The summed E-state index contributed by atoms with van der Waals surface area (Å²) in [6, 6.07) is 2.88. The highest BCUT2D eigenvalue weighted by Gasteiger charge is 2.46.